The van der Waals surface area contributed by atoms with Gasteiger partial charge in [-0.15, -0.1) is 0 Å². The van der Waals surface area contributed by atoms with Crippen molar-refractivity contribution in [2.75, 3.05) is 6.54 Å². The van der Waals surface area contributed by atoms with Crippen molar-refractivity contribution in [3.8, 4) is 6.07 Å². The summed E-state index contributed by atoms with van der Waals surface area (Å²) >= 11 is 0. The van der Waals surface area contributed by atoms with Crippen LogP contribution in [-0.4, -0.2) is 23.5 Å². The van der Waals surface area contributed by atoms with Crippen LogP contribution in [0.2, 0.25) is 0 Å². The molecule has 0 amide bonds. The molecule has 0 radical (unpaired) electrons. The van der Waals surface area contributed by atoms with Crippen molar-refractivity contribution in [3.63, 3.8) is 0 Å². The maximum Gasteiger partial charge on any atom is 0.0638 e. The van der Waals surface area contributed by atoms with Gasteiger partial charge in [-0.2, -0.15) is 5.26 Å². The van der Waals surface area contributed by atoms with Gasteiger partial charge >= 0.3 is 0 Å². The Hall–Kier alpha value is -0.550. The van der Waals surface area contributed by atoms with Crippen molar-refractivity contribution in [2.45, 2.75) is 59.0 Å². The Bertz CT molecular complexity index is 158. The van der Waals surface area contributed by atoms with E-state index < -0.39 is 0 Å². The largest absolute Gasteiger partial charge is 0.297 e. The maximum absolute atomic E-state index is 8.69. The zero-order valence-corrected chi connectivity index (χ0v) is 9.38. The van der Waals surface area contributed by atoms with Crippen LogP contribution in [-0.2, 0) is 0 Å². The Balaban J connectivity index is 4.22. The number of nitriles is 1. The van der Waals surface area contributed by atoms with Gasteiger partial charge in [0.2, 0.25) is 0 Å². The maximum atomic E-state index is 8.69. The molecule has 0 N–H and O–H groups in total. The van der Waals surface area contributed by atoms with E-state index in [0.717, 1.165) is 13.0 Å². The van der Waals surface area contributed by atoms with Gasteiger partial charge in [0, 0.05) is 12.1 Å². The summed E-state index contributed by atoms with van der Waals surface area (Å²) in [6.07, 6.45) is 2.90. The molecule has 2 heteroatoms. The highest BCUT2D eigenvalue weighted by atomic mass is 15.2. The van der Waals surface area contributed by atoms with Crippen LogP contribution in [0.25, 0.3) is 0 Å². The average Bonchev–Trinajstić information content (AvgIpc) is 2.10. The summed E-state index contributed by atoms with van der Waals surface area (Å²) in [6, 6.07) is 3.27. The van der Waals surface area contributed by atoms with E-state index in [9.17, 15) is 0 Å². The lowest BCUT2D eigenvalue weighted by atomic mass is 10.1. The summed E-state index contributed by atoms with van der Waals surface area (Å²) in [5.41, 5.74) is 0. The summed E-state index contributed by atoms with van der Waals surface area (Å²) in [6.45, 7) is 9.87. The van der Waals surface area contributed by atoms with Crippen LogP contribution in [0.15, 0.2) is 0 Å². The molecule has 76 valence electrons. The summed E-state index contributed by atoms with van der Waals surface area (Å²) in [5, 5.41) is 8.69. The molecule has 0 fully saturated rings. The first-order valence-electron chi connectivity index (χ1n) is 5.30. The second-order valence-corrected chi connectivity index (χ2v) is 3.76. The molecule has 0 saturated heterocycles. The van der Waals surface area contributed by atoms with Gasteiger partial charge in [-0.25, -0.2) is 0 Å². The van der Waals surface area contributed by atoms with E-state index in [1.54, 1.807) is 0 Å². The van der Waals surface area contributed by atoms with E-state index in [1.165, 1.54) is 6.42 Å². The van der Waals surface area contributed by atoms with Crippen molar-refractivity contribution in [1.82, 2.24) is 4.90 Å². The van der Waals surface area contributed by atoms with E-state index in [0.29, 0.717) is 18.5 Å². The number of rotatable bonds is 6. The molecule has 0 rings (SSSR count). The van der Waals surface area contributed by atoms with Gasteiger partial charge in [0.1, 0.15) is 0 Å². The van der Waals surface area contributed by atoms with Gasteiger partial charge in [-0.05, 0) is 33.2 Å². The Kier molecular flexibility index (Phi) is 6.62. The Labute approximate surface area is 82.5 Å². The van der Waals surface area contributed by atoms with Crippen molar-refractivity contribution >= 4 is 0 Å². The van der Waals surface area contributed by atoms with Gasteiger partial charge in [-0.3, -0.25) is 4.90 Å². The number of nitrogens with zero attached hydrogens (tertiary/aromatic N) is 2. The van der Waals surface area contributed by atoms with Crippen LogP contribution in [0.3, 0.4) is 0 Å². The molecule has 1 unspecified atom stereocenters. The van der Waals surface area contributed by atoms with Gasteiger partial charge < -0.3 is 0 Å². The Morgan fingerprint density at radius 1 is 1.31 bits per heavy atom. The lowest BCUT2D eigenvalue weighted by Gasteiger charge is -2.32. The van der Waals surface area contributed by atoms with E-state index in [1.807, 2.05) is 0 Å². The normalized spacial score (nSPS) is 13.3. The predicted molar refractivity (Wildman–Crippen MR) is 56.4 cm³/mol. The minimum absolute atomic E-state index is 0.449. The molecule has 0 aromatic rings. The van der Waals surface area contributed by atoms with Gasteiger partial charge in [0.15, 0.2) is 0 Å². The molecule has 2 nitrogen and oxygen atoms in total. The highest BCUT2D eigenvalue weighted by Gasteiger charge is 2.17. The van der Waals surface area contributed by atoms with Gasteiger partial charge in [0.05, 0.1) is 12.5 Å². The average molecular weight is 182 g/mol. The van der Waals surface area contributed by atoms with Gasteiger partial charge in [0.25, 0.3) is 0 Å². The third kappa shape index (κ3) is 4.28. The summed E-state index contributed by atoms with van der Waals surface area (Å²) in [4.78, 5) is 2.43. The van der Waals surface area contributed by atoms with Crippen LogP contribution in [0.5, 0.6) is 0 Å². The summed E-state index contributed by atoms with van der Waals surface area (Å²) in [5.74, 6) is 0. The second-order valence-electron chi connectivity index (χ2n) is 3.76. The molecule has 0 aliphatic heterocycles. The standard InChI is InChI=1S/C11H22N2/c1-5-9-13(10(3)4)11(6-2)7-8-12/h10-11H,5-7,9H2,1-4H3. The highest BCUT2D eigenvalue weighted by Crippen LogP contribution is 2.12. The fraction of sp³-hybridized carbons (Fsp3) is 0.909. The fourth-order valence-corrected chi connectivity index (χ4v) is 1.72. The van der Waals surface area contributed by atoms with Crippen LogP contribution >= 0.6 is 0 Å². The van der Waals surface area contributed by atoms with Crippen LogP contribution in [0.1, 0.15) is 47.0 Å². The third-order valence-electron chi connectivity index (χ3n) is 2.41. The lowest BCUT2D eigenvalue weighted by molar-refractivity contribution is 0.151. The first kappa shape index (κ1) is 12.4. The molecule has 0 aliphatic rings. The Morgan fingerprint density at radius 2 is 1.92 bits per heavy atom. The van der Waals surface area contributed by atoms with Crippen LogP contribution < -0.4 is 0 Å². The molecule has 0 saturated carbocycles. The monoisotopic (exact) mass is 182 g/mol. The molecule has 0 aromatic heterocycles. The second kappa shape index (κ2) is 6.91. The molecule has 13 heavy (non-hydrogen) atoms. The van der Waals surface area contributed by atoms with E-state index in [2.05, 4.69) is 38.7 Å². The van der Waals surface area contributed by atoms with E-state index in [-0.39, 0.29) is 0 Å². The molecule has 0 bridgehead atoms. The SMILES string of the molecule is CCCN(C(C)C)C(CC)CC#N. The number of hydrogen-bond acceptors (Lipinski definition) is 2. The molecular weight excluding hydrogens is 160 g/mol. The minimum Gasteiger partial charge on any atom is -0.297 e. The fourth-order valence-electron chi connectivity index (χ4n) is 1.72. The first-order valence-corrected chi connectivity index (χ1v) is 5.30. The minimum atomic E-state index is 0.449. The zero-order valence-electron chi connectivity index (χ0n) is 9.38. The van der Waals surface area contributed by atoms with Crippen molar-refractivity contribution in [3.05, 3.63) is 0 Å². The van der Waals surface area contributed by atoms with E-state index >= 15 is 0 Å². The topological polar surface area (TPSA) is 27.0 Å². The van der Waals surface area contributed by atoms with Crippen molar-refractivity contribution in [1.29, 1.82) is 5.26 Å². The van der Waals surface area contributed by atoms with Crippen LogP contribution in [0, 0.1) is 11.3 Å². The van der Waals surface area contributed by atoms with E-state index in [4.69, 9.17) is 5.26 Å². The molecular formula is C11H22N2. The molecule has 0 aliphatic carbocycles. The Morgan fingerprint density at radius 3 is 2.23 bits per heavy atom. The summed E-state index contributed by atoms with van der Waals surface area (Å²) in [7, 11) is 0. The van der Waals surface area contributed by atoms with Crippen molar-refractivity contribution < 1.29 is 0 Å². The van der Waals surface area contributed by atoms with Crippen molar-refractivity contribution in [2.24, 2.45) is 0 Å². The number of hydrogen-bond donors (Lipinski definition) is 0. The molecule has 0 heterocycles. The highest BCUT2D eigenvalue weighted by molar-refractivity contribution is 4.83. The first-order chi connectivity index (χ1) is 6.17. The smallest absolute Gasteiger partial charge is 0.0638 e. The predicted octanol–water partition coefficient (Wildman–Crippen LogP) is 2.80. The third-order valence-corrected chi connectivity index (χ3v) is 2.41. The van der Waals surface area contributed by atoms with Crippen LogP contribution in [0.4, 0.5) is 0 Å². The summed E-state index contributed by atoms with van der Waals surface area (Å²) < 4.78 is 0. The lowest BCUT2D eigenvalue weighted by Crippen LogP contribution is -2.40. The van der Waals surface area contributed by atoms with Gasteiger partial charge in [-0.1, -0.05) is 13.8 Å². The molecule has 1 atom stereocenters. The molecule has 0 aromatic carbocycles. The zero-order chi connectivity index (χ0) is 10.3. The molecule has 0 spiro atoms. The quantitative estimate of drug-likeness (QED) is 0.631.